The Balaban J connectivity index is 2.40. The Morgan fingerprint density at radius 2 is 2.05 bits per heavy atom. The third-order valence-electron chi connectivity index (χ3n) is 2.65. The molecule has 0 unspecified atom stereocenters. The quantitative estimate of drug-likeness (QED) is 0.917. The summed E-state index contributed by atoms with van der Waals surface area (Å²) in [5.41, 5.74) is 0.507. The zero-order chi connectivity index (χ0) is 14.0. The summed E-state index contributed by atoms with van der Waals surface area (Å²) in [6.45, 7) is 1.71. The van der Waals surface area contributed by atoms with E-state index in [1.54, 1.807) is 36.7 Å². The molecule has 1 aromatic carbocycles. The van der Waals surface area contributed by atoms with Crippen molar-refractivity contribution in [3.8, 4) is 6.07 Å². The number of nitrogens with zero attached hydrogens (tertiary/aromatic N) is 3. The minimum Gasteiger partial charge on any atom is -0.337 e. The second-order valence-corrected chi connectivity index (χ2v) is 5.63. The second-order valence-electron chi connectivity index (χ2n) is 4.00. The van der Waals surface area contributed by atoms with E-state index in [0.717, 1.165) is 0 Å². The van der Waals surface area contributed by atoms with Gasteiger partial charge in [0.15, 0.2) is 5.03 Å². The van der Waals surface area contributed by atoms with E-state index in [1.165, 1.54) is 12.3 Å². The Morgan fingerprint density at radius 1 is 1.37 bits per heavy atom. The van der Waals surface area contributed by atoms with Crippen LogP contribution >= 0.6 is 0 Å². The summed E-state index contributed by atoms with van der Waals surface area (Å²) in [5, 5.41) is 8.86. The van der Waals surface area contributed by atoms with Gasteiger partial charge in [0.1, 0.15) is 11.9 Å². The summed E-state index contributed by atoms with van der Waals surface area (Å²) in [7, 11) is -2.07. The van der Waals surface area contributed by atoms with Gasteiger partial charge in [-0.2, -0.15) is 13.7 Å². The van der Waals surface area contributed by atoms with Gasteiger partial charge in [-0.25, -0.2) is 4.98 Å². The normalized spacial score (nSPS) is 11.0. The topological polar surface area (TPSA) is 87.8 Å². The Labute approximate surface area is 111 Å². The molecular formula is C12H12N4O2S. The minimum absolute atomic E-state index is 0.0692. The van der Waals surface area contributed by atoms with Crippen molar-refractivity contribution >= 4 is 15.7 Å². The lowest BCUT2D eigenvalue weighted by Gasteiger charge is -2.06. The monoisotopic (exact) mass is 276 g/mol. The standard InChI is InChI=1S/C12H12N4O2S/c1-9-14-12(8-16(9)2)19(17,18)15-11-6-4-3-5-10(11)7-13/h3-6,8,15H,1-2H3. The highest BCUT2D eigenvalue weighted by Crippen LogP contribution is 2.18. The molecule has 6 nitrogen and oxygen atoms in total. The minimum atomic E-state index is -3.78. The predicted octanol–water partition coefficient (Wildman–Crippen LogP) is 1.40. The van der Waals surface area contributed by atoms with Gasteiger partial charge < -0.3 is 4.57 Å². The first-order chi connectivity index (χ1) is 8.94. The zero-order valence-electron chi connectivity index (χ0n) is 10.5. The van der Waals surface area contributed by atoms with Gasteiger partial charge in [-0.1, -0.05) is 12.1 Å². The third-order valence-corrected chi connectivity index (χ3v) is 3.89. The van der Waals surface area contributed by atoms with Gasteiger partial charge in [0, 0.05) is 13.2 Å². The highest BCUT2D eigenvalue weighted by molar-refractivity contribution is 7.92. The average molecular weight is 276 g/mol. The van der Waals surface area contributed by atoms with Gasteiger partial charge in [-0.05, 0) is 19.1 Å². The molecule has 0 amide bonds. The van der Waals surface area contributed by atoms with Crippen LogP contribution in [-0.4, -0.2) is 18.0 Å². The summed E-state index contributed by atoms with van der Waals surface area (Å²) in [4.78, 5) is 3.96. The van der Waals surface area contributed by atoms with Gasteiger partial charge in [0.05, 0.1) is 11.3 Å². The molecule has 7 heteroatoms. The number of hydrogen-bond acceptors (Lipinski definition) is 4. The number of imidazole rings is 1. The summed E-state index contributed by atoms with van der Waals surface area (Å²) in [5.74, 6) is 0.592. The van der Waals surface area contributed by atoms with Crippen LogP contribution in [0, 0.1) is 18.3 Å². The summed E-state index contributed by atoms with van der Waals surface area (Å²) >= 11 is 0. The zero-order valence-corrected chi connectivity index (χ0v) is 11.3. The molecule has 0 aliphatic carbocycles. The largest absolute Gasteiger partial charge is 0.337 e. The number of benzene rings is 1. The van der Waals surface area contributed by atoms with E-state index >= 15 is 0 Å². The van der Waals surface area contributed by atoms with Crippen molar-refractivity contribution in [3.63, 3.8) is 0 Å². The lowest BCUT2D eigenvalue weighted by molar-refractivity contribution is 0.598. The fourth-order valence-electron chi connectivity index (χ4n) is 1.52. The van der Waals surface area contributed by atoms with Crippen LogP contribution in [0.25, 0.3) is 0 Å². The molecule has 2 rings (SSSR count). The van der Waals surface area contributed by atoms with E-state index in [4.69, 9.17) is 5.26 Å². The predicted molar refractivity (Wildman–Crippen MR) is 69.9 cm³/mol. The Bertz CT molecular complexity index is 737. The van der Waals surface area contributed by atoms with E-state index in [-0.39, 0.29) is 16.3 Å². The van der Waals surface area contributed by atoms with E-state index in [0.29, 0.717) is 5.82 Å². The molecule has 2 aromatic rings. The number of anilines is 1. The fraction of sp³-hybridized carbons (Fsp3) is 0.167. The Morgan fingerprint density at radius 3 is 2.63 bits per heavy atom. The van der Waals surface area contributed by atoms with Gasteiger partial charge in [-0.15, -0.1) is 0 Å². The number of aryl methyl sites for hydroxylation is 2. The van der Waals surface area contributed by atoms with E-state index in [9.17, 15) is 8.42 Å². The molecule has 0 bridgehead atoms. The van der Waals surface area contributed by atoms with E-state index < -0.39 is 10.0 Å². The number of nitriles is 1. The van der Waals surface area contributed by atoms with Gasteiger partial charge in [0.2, 0.25) is 0 Å². The van der Waals surface area contributed by atoms with Crippen LogP contribution < -0.4 is 4.72 Å². The first kappa shape index (κ1) is 13.1. The van der Waals surface area contributed by atoms with Crippen molar-refractivity contribution < 1.29 is 8.42 Å². The molecule has 0 radical (unpaired) electrons. The second kappa shape index (κ2) is 4.74. The van der Waals surface area contributed by atoms with E-state index in [1.807, 2.05) is 6.07 Å². The van der Waals surface area contributed by atoms with Crippen LogP contribution in [0.5, 0.6) is 0 Å². The molecule has 0 fully saturated rings. The Hall–Kier alpha value is -2.33. The summed E-state index contributed by atoms with van der Waals surface area (Å²) in [6.07, 6.45) is 1.42. The molecule has 0 atom stereocenters. The van der Waals surface area contributed by atoms with Crippen LogP contribution in [-0.2, 0) is 17.1 Å². The average Bonchev–Trinajstić information content (AvgIpc) is 2.71. The van der Waals surface area contributed by atoms with Crippen molar-refractivity contribution in [2.24, 2.45) is 7.05 Å². The first-order valence-corrected chi connectivity index (χ1v) is 6.94. The van der Waals surface area contributed by atoms with Gasteiger partial charge in [-0.3, -0.25) is 4.72 Å². The highest BCUT2D eigenvalue weighted by Gasteiger charge is 2.19. The number of para-hydroxylation sites is 1. The molecule has 0 saturated carbocycles. The van der Waals surface area contributed by atoms with Crippen molar-refractivity contribution in [1.29, 1.82) is 5.26 Å². The van der Waals surface area contributed by atoms with Crippen molar-refractivity contribution in [2.45, 2.75) is 11.9 Å². The van der Waals surface area contributed by atoms with Crippen molar-refractivity contribution in [2.75, 3.05) is 4.72 Å². The number of rotatable bonds is 3. The molecular weight excluding hydrogens is 264 g/mol. The molecule has 1 N–H and O–H groups in total. The van der Waals surface area contributed by atoms with Crippen LogP contribution in [0.2, 0.25) is 0 Å². The maximum atomic E-state index is 12.1. The van der Waals surface area contributed by atoms with Crippen LogP contribution in [0.3, 0.4) is 0 Å². The van der Waals surface area contributed by atoms with Gasteiger partial charge >= 0.3 is 0 Å². The number of aromatic nitrogens is 2. The Kier molecular flexibility index (Phi) is 3.27. The van der Waals surface area contributed by atoms with Crippen LogP contribution in [0.4, 0.5) is 5.69 Å². The SMILES string of the molecule is Cc1nc(S(=O)(=O)Nc2ccccc2C#N)cn1C. The van der Waals surface area contributed by atoms with Gasteiger partial charge in [0.25, 0.3) is 10.0 Å². The lowest BCUT2D eigenvalue weighted by Crippen LogP contribution is -2.14. The summed E-state index contributed by atoms with van der Waals surface area (Å²) in [6, 6.07) is 8.33. The molecule has 1 aromatic heterocycles. The molecule has 0 spiro atoms. The maximum Gasteiger partial charge on any atom is 0.280 e. The molecule has 98 valence electrons. The first-order valence-electron chi connectivity index (χ1n) is 5.46. The number of sulfonamides is 1. The number of hydrogen-bond donors (Lipinski definition) is 1. The smallest absolute Gasteiger partial charge is 0.280 e. The molecule has 0 aliphatic rings. The molecule has 19 heavy (non-hydrogen) atoms. The van der Waals surface area contributed by atoms with Crippen molar-refractivity contribution in [1.82, 2.24) is 9.55 Å². The third kappa shape index (κ3) is 2.58. The molecule has 1 heterocycles. The molecule has 0 saturated heterocycles. The number of nitrogens with one attached hydrogen (secondary N) is 1. The summed E-state index contributed by atoms with van der Waals surface area (Å²) < 4.78 is 28.3. The van der Waals surface area contributed by atoms with Crippen LogP contribution in [0.15, 0.2) is 35.5 Å². The van der Waals surface area contributed by atoms with Crippen molar-refractivity contribution in [3.05, 3.63) is 41.9 Å². The van der Waals surface area contributed by atoms with Crippen LogP contribution in [0.1, 0.15) is 11.4 Å². The maximum absolute atomic E-state index is 12.1. The molecule has 0 aliphatic heterocycles. The lowest BCUT2D eigenvalue weighted by atomic mass is 10.2. The van der Waals surface area contributed by atoms with E-state index in [2.05, 4.69) is 9.71 Å². The highest BCUT2D eigenvalue weighted by atomic mass is 32.2. The fourth-order valence-corrected chi connectivity index (χ4v) is 2.64.